The highest BCUT2D eigenvalue weighted by atomic mass is 19.4. The van der Waals surface area contributed by atoms with Crippen molar-refractivity contribution < 1.29 is 13.2 Å². The van der Waals surface area contributed by atoms with Crippen LogP contribution in [0.15, 0.2) is 47.6 Å². The summed E-state index contributed by atoms with van der Waals surface area (Å²) in [7, 11) is 0. The van der Waals surface area contributed by atoms with E-state index in [1.54, 1.807) is 31.2 Å². The van der Waals surface area contributed by atoms with Crippen LogP contribution < -0.4 is 0 Å². The maximum Gasteiger partial charge on any atom is 0.416 e. The Kier molecular flexibility index (Phi) is 3.83. The zero-order chi connectivity index (χ0) is 14.8. The van der Waals surface area contributed by atoms with Gasteiger partial charge in [0, 0.05) is 5.56 Å². The molecule has 0 amide bonds. The van der Waals surface area contributed by atoms with E-state index in [0.717, 1.165) is 12.1 Å². The highest BCUT2D eigenvalue weighted by Crippen LogP contribution is 2.32. The number of nitroso groups, excluding NO2 is 1. The van der Waals surface area contributed by atoms with Crippen LogP contribution in [0.1, 0.15) is 24.2 Å². The molecule has 0 bridgehead atoms. The molecule has 6 heteroatoms. The van der Waals surface area contributed by atoms with E-state index in [4.69, 9.17) is 0 Å². The lowest BCUT2D eigenvalue weighted by Crippen LogP contribution is -2.04. The third-order valence-corrected chi connectivity index (χ3v) is 2.84. The van der Waals surface area contributed by atoms with Gasteiger partial charge in [0.15, 0.2) is 0 Å². The van der Waals surface area contributed by atoms with Gasteiger partial charge in [-0.05, 0) is 31.2 Å². The van der Waals surface area contributed by atoms with Crippen LogP contribution in [0.4, 0.5) is 13.2 Å². The fourth-order valence-electron chi connectivity index (χ4n) is 1.75. The monoisotopic (exact) mass is 280 g/mol. The van der Waals surface area contributed by atoms with Gasteiger partial charge in [0.25, 0.3) is 0 Å². The Hall–Kier alpha value is -2.24. The van der Waals surface area contributed by atoms with Crippen LogP contribution >= 0.6 is 0 Å². The maximum absolute atomic E-state index is 12.7. The Balaban J connectivity index is 2.44. The number of nitrogens with zero attached hydrogens (tertiary/aromatic N) is 2. The predicted octanol–water partition coefficient (Wildman–Crippen LogP) is 4.59. The van der Waals surface area contributed by atoms with Gasteiger partial charge in [0.2, 0.25) is 0 Å². The molecular weight excluding hydrogens is 269 g/mol. The summed E-state index contributed by atoms with van der Waals surface area (Å²) in [6.45, 7) is 1.57. The summed E-state index contributed by atoms with van der Waals surface area (Å²) in [5.41, 5.74) is 0.419. The molecule has 20 heavy (non-hydrogen) atoms. The topological polar surface area (TPSA) is 42.3 Å². The molecule has 0 saturated heterocycles. The Bertz CT molecular complexity index is 626. The molecule has 0 N–H and O–H groups in total. The van der Waals surface area contributed by atoms with Crippen molar-refractivity contribution in [2.45, 2.75) is 19.1 Å². The van der Waals surface area contributed by atoms with Crippen LogP contribution in [0, 0.1) is 4.91 Å². The summed E-state index contributed by atoms with van der Waals surface area (Å²) in [6.07, 6.45) is -4.40. The molecule has 1 unspecified atom stereocenters. The highest BCUT2D eigenvalue weighted by Gasteiger charge is 2.30. The number of hydrogen-bond acceptors (Lipinski definition) is 3. The fourth-order valence-corrected chi connectivity index (χ4v) is 1.75. The van der Waals surface area contributed by atoms with E-state index in [0.29, 0.717) is 17.0 Å². The molecule has 2 rings (SSSR count). The number of rotatable bonds is 3. The van der Waals surface area contributed by atoms with E-state index in [-0.39, 0.29) is 0 Å². The Morgan fingerprint density at radius 2 is 1.85 bits per heavy atom. The molecule has 3 nitrogen and oxygen atoms in total. The summed E-state index contributed by atoms with van der Waals surface area (Å²) < 4.78 is 38.0. The first-order valence-electron chi connectivity index (χ1n) is 5.89. The first-order chi connectivity index (χ1) is 9.41. The molecule has 1 heterocycles. The zero-order valence-corrected chi connectivity index (χ0v) is 10.6. The summed E-state index contributed by atoms with van der Waals surface area (Å²) >= 11 is 0. The Labute approximate surface area is 113 Å². The Morgan fingerprint density at radius 1 is 1.15 bits per heavy atom. The van der Waals surface area contributed by atoms with E-state index in [1.807, 2.05) is 0 Å². The van der Waals surface area contributed by atoms with Gasteiger partial charge < -0.3 is 0 Å². The normalized spacial score (nSPS) is 13.0. The third kappa shape index (κ3) is 3.01. The summed E-state index contributed by atoms with van der Waals surface area (Å²) in [5, 5.41) is 2.86. The minimum atomic E-state index is -4.40. The van der Waals surface area contributed by atoms with Gasteiger partial charge in [-0.2, -0.15) is 18.1 Å². The number of halogens is 3. The van der Waals surface area contributed by atoms with Crippen molar-refractivity contribution in [2.75, 3.05) is 0 Å². The van der Waals surface area contributed by atoms with E-state index < -0.39 is 17.8 Å². The van der Waals surface area contributed by atoms with Crippen molar-refractivity contribution >= 4 is 0 Å². The van der Waals surface area contributed by atoms with Gasteiger partial charge in [-0.3, -0.25) is 4.98 Å². The molecule has 0 aliphatic rings. The van der Waals surface area contributed by atoms with Crippen LogP contribution in [0.25, 0.3) is 11.3 Å². The molecule has 0 aliphatic carbocycles. The third-order valence-electron chi connectivity index (χ3n) is 2.84. The first kappa shape index (κ1) is 14.2. The van der Waals surface area contributed by atoms with Gasteiger partial charge in [-0.25, -0.2) is 0 Å². The van der Waals surface area contributed by atoms with Gasteiger partial charge in [-0.15, -0.1) is 0 Å². The lowest BCUT2D eigenvalue weighted by atomic mass is 10.1. The lowest BCUT2D eigenvalue weighted by Gasteiger charge is -2.09. The summed E-state index contributed by atoms with van der Waals surface area (Å²) in [4.78, 5) is 14.7. The molecule has 0 spiro atoms. The van der Waals surface area contributed by atoms with Crippen LogP contribution in [-0.4, -0.2) is 4.98 Å². The predicted molar refractivity (Wildman–Crippen MR) is 68.9 cm³/mol. The average molecular weight is 280 g/mol. The van der Waals surface area contributed by atoms with Gasteiger partial charge in [-0.1, -0.05) is 23.4 Å². The largest absolute Gasteiger partial charge is 0.416 e. The first-order valence-corrected chi connectivity index (χ1v) is 5.89. The average Bonchev–Trinajstić information content (AvgIpc) is 2.46. The van der Waals surface area contributed by atoms with Crippen molar-refractivity contribution in [1.29, 1.82) is 0 Å². The molecule has 0 aliphatic heterocycles. The molecular formula is C14H11F3N2O. The molecule has 0 radical (unpaired) electrons. The molecule has 1 aromatic heterocycles. The number of benzene rings is 1. The van der Waals surface area contributed by atoms with Crippen LogP contribution in [0.5, 0.6) is 0 Å². The minimum Gasteiger partial charge on any atom is -0.250 e. The molecule has 1 atom stereocenters. The van der Waals surface area contributed by atoms with Crippen molar-refractivity contribution in [3.05, 3.63) is 58.6 Å². The lowest BCUT2D eigenvalue weighted by molar-refractivity contribution is -0.137. The number of aromatic nitrogens is 1. The minimum absolute atomic E-state index is 0.347. The van der Waals surface area contributed by atoms with Crippen LogP contribution in [0.2, 0.25) is 0 Å². The molecule has 0 saturated carbocycles. The number of pyridine rings is 1. The van der Waals surface area contributed by atoms with E-state index in [2.05, 4.69) is 10.2 Å². The second-order valence-corrected chi connectivity index (χ2v) is 4.31. The van der Waals surface area contributed by atoms with Gasteiger partial charge >= 0.3 is 6.18 Å². The molecule has 1 aromatic carbocycles. The zero-order valence-electron chi connectivity index (χ0n) is 10.6. The van der Waals surface area contributed by atoms with Gasteiger partial charge in [0.05, 0.1) is 17.0 Å². The van der Waals surface area contributed by atoms with Crippen molar-refractivity contribution in [3.63, 3.8) is 0 Å². The SMILES string of the molecule is CC(N=O)c1cccc(-c2cccc(C(F)(F)F)c2)n1. The molecule has 2 aromatic rings. The van der Waals surface area contributed by atoms with Crippen molar-refractivity contribution in [2.24, 2.45) is 5.18 Å². The van der Waals surface area contributed by atoms with E-state index in [9.17, 15) is 18.1 Å². The Morgan fingerprint density at radius 3 is 2.50 bits per heavy atom. The second-order valence-electron chi connectivity index (χ2n) is 4.31. The van der Waals surface area contributed by atoms with Crippen molar-refractivity contribution in [3.8, 4) is 11.3 Å². The summed E-state index contributed by atoms with van der Waals surface area (Å²) in [6, 6.07) is 9.11. The standard InChI is InChI=1S/C14H11F3N2O/c1-9(19-20)12-6-3-7-13(18-12)10-4-2-5-11(8-10)14(15,16)17/h2-9H,1H3. The number of alkyl halides is 3. The smallest absolute Gasteiger partial charge is 0.250 e. The second kappa shape index (κ2) is 5.40. The van der Waals surface area contributed by atoms with E-state index >= 15 is 0 Å². The quantitative estimate of drug-likeness (QED) is 0.771. The summed E-state index contributed by atoms with van der Waals surface area (Å²) in [5.74, 6) is 0. The molecule has 104 valence electrons. The van der Waals surface area contributed by atoms with Crippen LogP contribution in [-0.2, 0) is 6.18 Å². The van der Waals surface area contributed by atoms with E-state index in [1.165, 1.54) is 6.07 Å². The van der Waals surface area contributed by atoms with Crippen molar-refractivity contribution in [1.82, 2.24) is 4.98 Å². The molecule has 0 fully saturated rings. The maximum atomic E-state index is 12.7. The number of hydrogen-bond donors (Lipinski definition) is 0. The van der Waals surface area contributed by atoms with Crippen LogP contribution in [0.3, 0.4) is 0 Å². The highest BCUT2D eigenvalue weighted by molar-refractivity contribution is 5.60. The fraction of sp³-hybridized carbons (Fsp3) is 0.214. The van der Waals surface area contributed by atoms with Gasteiger partial charge in [0.1, 0.15) is 6.04 Å².